The van der Waals surface area contributed by atoms with E-state index in [1.807, 2.05) is 11.4 Å². The minimum absolute atomic E-state index is 0.00145. The Morgan fingerprint density at radius 2 is 2.26 bits per heavy atom. The first-order valence-electron chi connectivity index (χ1n) is 6.83. The molecular weight excluding hydrogens is 282 g/mol. The molecule has 1 unspecified atom stereocenters. The van der Waals surface area contributed by atoms with Crippen LogP contribution in [0.2, 0.25) is 5.02 Å². The minimum atomic E-state index is -0.386. The number of amides is 1. The smallest absolute Gasteiger partial charge is 0.220 e. The summed E-state index contributed by atoms with van der Waals surface area (Å²) < 4.78 is 0. The molecule has 1 amide bonds. The van der Waals surface area contributed by atoms with Crippen molar-refractivity contribution in [1.29, 1.82) is 0 Å². The van der Waals surface area contributed by atoms with Gasteiger partial charge in [0, 0.05) is 23.2 Å². The van der Waals surface area contributed by atoms with E-state index >= 15 is 0 Å². The SMILES string of the molecule is O=C(CCc1cc(Cl)cs1)NCC(O)C1CCCC1. The molecule has 0 aliphatic heterocycles. The normalized spacial score (nSPS) is 17.6. The van der Waals surface area contributed by atoms with Gasteiger partial charge in [0.2, 0.25) is 5.91 Å². The number of thiophene rings is 1. The summed E-state index contributed by atoms with van der Waals surface area (Å²) in [6.07, 6.45) is 5.36. The van der Waals surface area contributed by atoms with Crippen molar-refractivity contribution >= 4 is 28.8 Å². The molecular formula is C14H20ClNO2S. The first kappa shape index (κ1) is 14.8. The molecule has 5 heteroatoms. The van der Waals surface area contributed by atoms with Gasteiger partial charge in [-0.05, 0) is 31.2 Å². The Bertz CT molecular complexity index is 415. The number of aliphatic hydroxyl groups is 1. The van der Waals surface area contributed by atoms with Gasteiger partial charge in [0.25, 0.3) is 0 Å². The molecule has 1 aromatic rings. The molecule has 2 rings (SSSR count). The van der Waals surface area contributed by atoms with Gasteiger partial charge in [-0.2, -0.15) is 0 Å². The Balaban J connectivity index is 1.64. The number of hydrogen-bond donors (Lipinski definition) is 2. The van der Waals surface area contributed by atoms with Crippen LogP contribution in [0.1, 0.15) is 37.0 Å². The van der Waals surface area contributed by atoms with Gasteiger partial charge in [0.1, 0.15) is 0 Å². The van der Waals surface area contributed by atoms with Crippen molar-refractivity contribution in [3.8, 4) is 0 Å². The minimum Gasteiger partial charge on any atom is -0.391 e. The second kappa shape index (κ2) is 7.27. The summed E-state index contributed by atoms with van der Waals surface area (Å²) in [6, 6.07) is 1.90. The molecule has 0 radical (unpaired) electrons. The Hall–Kier alpha value is -0.580. The highest BCUT2D eigenvalue weighted by Gasteiger charge is 2.23. The lowest BCUT2D eigenvalue weighted by Gasteiger charge is -2.17. The van der Waals surface area contributed by atoms with E-state index in [1.165, 1.54) is 12.8 Å². The molecule has 106 valence electrons. The van der Waals surface area contributed by atoms with E-state index in [0.717, 1.165) is 22.7 Å². The zero-order valence-corrected chi connectivity index (χ0v) is 12.5. The molecule has 1 heterocycles. The number of carbonyl (C=O) groups excluding carboxylic acids is 1. The highest BCUT2D eigenvalue weighted by Crippen LogP contribution is 2.27. The summed E-state index contributed by atoms with van der Waals surface area (Å²) >= 11 is 7.40. The number of halogens is 1. The Kier molecular flexibility index (Phi) is 5.67. The van der Waals surface area contributed by atoms with E-state index in [9.17, 15) is 9.90 Å². The van der Waals surface area contributed by atoms with Crippen LogP contribution in [0.4, 0.5) is 0 Å². The van der Waals surface area contributed by atoms with Crippen LogP contribution < -0.4 is 5.32 Å². The van der Waals surface area contributed by atoms with Crippen LogP contribution >= 0.6 is 22.9 Å². The third-order valence-electron chi connectivity index (χ3n) is 3.67. The molecule has 0 bridgehead atoms. The number of rotatable bonds is 6. The van der Waals surface area contributed by atoms with Crippen LogP contribution in [0.15, 0.2) is 11.4 Å². The van der Waals surface area contributed by atoms with Crippen LogP contribution in [0.5, 0.6) is 0 Å². The van der Waals surface area contributed by atoms with Crippen LogP contribution in [-0.4, -0.2) is 23.7 Å². The Labute approximate surface area is 123 Å². The summed E-state index contributed by atoms with van der Waals surface area (Å²) in [5.74, 6) is 0.373. The first-order chi connectivity index (χ1) is 9.15. The van der Waals surface area contributed by atoms with Crippen molar-refractivity contribution in [3.63, 3.8) is 0 Å². The van der Waals surface area contributed by atoms with Crippen molar-refractivity contribution in [3.05, 3.63) is 21.3 Å². The highest BCUT2D eigenvalue weighted by atomic mass is 35.5. The predicted molar refractivity (Wildman–Crippen MR) is 78.6 cm³/mol. The Morgan fingerprint density at radius 3 is 2.89 bits per heavy atom. The van der Waals surface area contributed by atoms with Crippen molar-refractivity contribution in [2.24, 2.45) is 5.92 Å². The monoisotopic (exact) mass is 301 g/mol. The number of hydrogen-bond acceptors (Lipinski definition) is 3. The molecule has 3 nitrogen and oxygen atoms in total. The van der Waals surface area contributed by atoms with E-state index in [-0.39, 0.29) is 12.0 Å². The zero-order chi connectivity index (χ0) is 13.7. The standard InChI is InChI=1S/C14H20ClNO2S/c15-11-7-12(19-9-11)5-6-14(18)16-8-13(17)10-3-1-2-4-10/h7,9-10,13,17H,1-6,8H2,(H,16,18). The largest absolute Gasteiger partial charge is 0.391 e. The maximum absolute atomic E-state index is 11.7. The maximum Gasteiger partial charge on any atom is 0.220 e. The van der Waals surface area contributed by atoms with E-state index < -0.39 is 0 Å². The molecule has 0 saturated heterocycles. The van der Waals surface area contributed by atoms with Crippen molar-refractivity contribution < 1.29 is 9.90 Å². The molecule has 1 aliphatic carbocycles. The molecule has 1 fully saturated rings. The summed E-state index contributed by atoms with van der Waals surface area (Å²) in [6.45, 7) is 0.384. The van der Waals surface area contributed by atoms with E-state index in [2.05, 4.69) is 5.32 Å². The molecule has 19 heavy (non-hydrogen) atoms. The third-order valence-corrected chi connectivity index (χ3v) is 5.02. The molecule has 2 N–H and O–H groups in total. The fraction of sp³-hybridized carbons (Fsp3) is 0.643. The molecule has 1 aliphatic rings. The van der Waals surface area contributed by atoms with Gasteiger partial charge < -0.3 is 10.4 Å². The number of carbonyl (C=O) groups is 1. The third kappa shape index (κ3) is 4.79. The summed E-state index contributed by atoms with van der Waals surface area (Å²) in [5.41, 5.74) is 0. The van der Waals surface area contributed by atoms with Gasteiger partial charge in [-0.15, -0.1) is 11.3 Å². The first-order valence-corrected chi connectivity index (χ1v) is 8.08. The van der Waals surface area contributed by atoms with Crippen LogP contribution in [0, 0.1) is 5.92 Å². The quantitative estimate of drug-likeness (QED) is 0.848. The lowest BCUT2D eigenvalue weighted by Crippen LogP contribution is -2.35. The highest BCUT2D eigenvalue weighted by molar-refractivity contribution is 7.10. The fourth-order valence-corrected chi connectivity index (χ4v) is 3.61. The average molecular weight is 302 g/mol. The average Bonchev–Trinajstić information content (AvgIpc) is 3.04. The lowest BCUT2D eigenvalue weighted by molar-refractivity contribution is -0.121. The van der Waals surface area contributed by atoms with E-state index in [0.29, 0.717) is 25.3 Å². The maximum atomic E-state index is 11.7. The van der Waals surface area contributed by atoms with Crippen molar-refractivity contribution in [1.82, 2.24) is 5.32 Å². The number of aliphatic hydroxyl groups excluding tert-OH is 1. The molecule has 0 spiro atoms. The van der Waals surface area contributed by atoms with Gasteiger partial charge in [0.15, 0.2) is 0 Å². The second-order valence-corrected chi connectivity index (χ2v) is 6.58. The van der Waals surface area contributed by atoms with Gasteiger partial charge >= 0.3 is 0 Å². The summed E-state index contributed by atoms with van der Waals surface area (Å²) in [7, 11) is 0. The number of aryl methyl sites for hydroxylation is 1. The molecule has 1 saturated carbocycles. The summed E-state index contributed by atoms with van der Waals surface area (Å²) in [4.78, 5) is 12.8. The van der Waals surface area contributed by atoms with E-state index in [4.69, 9.17) is 11.6 Å². The topological polar surface area (TPSA) is 49.3 Å². The van der Waals surface area contributed by atoms with Gasteiger partial charge in [-0.3, -0.25) is 4.79 Å². The second-order valence-electron chi connectivity index (χ2n) is 5.15. The Morgan fingerprint density at radius 1 is 1.53 bits per heavy atom. The summed E-state index contributed by atoms with van der Waals surface area (Å²) in [5, 5.41) is 15.4. The predicted octanol–water partition coefficient (Wildman–Crippen LogP) is 3.00. The lowest BCUT2D eigenvalue weighted by atomic mass is 10.0. The van der Waals surface area contributed by atoms with E-state index in [1.54, 1.807) is 11.3 Å². The van der Waals surface area contributed by atoms with Crippen molar-refractivity contribution in [2.45, 2.75) is 44.6 Å². The fourth-order valence-electron chi connectivity index (χ4n) is 2.54. The molecule has 0 aromatic carbocycles. The zero-order valence-electron chi connectivity index (χ0n) is 10.9. The van der Waals surface area contributed by atoms with Crippen LogP contribution in [0.25, 0.3) is 0 Å². The number of nitrogens with one attached hydrogen (secondary N) is 1. The van der Waals surface area contributed by atoms with Gasteiger partial charge in [0.05, 0.1) is 11.1 Å². The van der Waals surface area contributed by atoms with Crippen molar-refractivity contribution in [2.75, 3.05) is 6.54 Å². The molecule has 1 aromatic heterocycles. The van der Waals surface area contributed by atoms with Gasteiger partial charge in [-0.1, -0.05) is 24.4 Å². The van der Waals surface area contributed by atoms with Crippen LogP contribution in [-0.2, 0) is 11.2 Å². The van der Waals surface area contributed by atoms with Crippen LogP contribution in [0.3, 0.4) is 0 Å². The van der Waals surface area contributed by atoms with Gasteiger partial charge in [-0.25, -0.2) is 0 Å². The molecule has 1 atom stereocenters.